The van der Waals surface area contributed by atoms with Gasteiger partial charge in [-0.2, -0.15) is 5.10 Å². The number of nitrogens with one attached hydrogen (secondary N) is 1. The molecule has 2 aliphatic rings. The lowest BCUT2D eigenvalue weighted by molar-refractivity contribution is 0.301. The molecule has 2 aromatic carbocycles. The fourth-order valence-corrected chi connectivity index (χ4v) is 3.70. The minimum atomic E-state index is 0.348. The molecule has 1 aliphatic carbocycles. The Labute approximate surface area is 152 Å². The maximum absolute atomic E-state index is 6.09. The Morgan fingerprint density at radius 3 is 2.73 bits per heavy atom. The van der Waals surface area contributed by atoms with Crippen LogP contribution in [0.2, 0.25) is 0 Å². The number of fused-ring (bicyclic) bond motifs is 2. The van der Waals surface area contributed by atoms with Crippen molar-refractivity contribution in [1.29, 1.82) is 0 Å². The predicted octanol–water partition coefficient (Wildman–Crippen LogP) is 3.39. The van der Waals surface area contributed by atoms with E-state index in [0.29, 0.717) is 18.7 Å². The van der Waals surface area contributed by atoms with Gasteiger partial charge in [0.2, 0.25) is 0 Å². The van der Waals surface area contributed by atoms with Gasteiger partial charge in [-0.1, -0.05) is 36.4 Å². The summed E-state index contributed by atoms with van der Waals surface area (Å²) in [5.74, 6) is 0.936. The van der Waals surface area contributed by atoms with Crippen LogP contribution in [0.4, 0.5) is 5.69 Å². The van der Waals surface area contributed by atoms with E-state index in [1.807, 2.05) is 22.9 Å². The average molecular weight is 346 g/mol. The van der Waals surface area contributed by atoms with E-state index in [2.05, 4.69) is 41.7 Å². The Morgan fingerprint density at radius 1 is 1.08 bits per heavy atom. The molecule has 132 valence electrons. The summed E-state index contributed by atoms with van der Waals surface area (Å²) in [5.41, 5.74) is 11.3. The lowest BCUT2D eigenvalue weighted by Gasteiger charge is -2.33. The molecule has 0 saturated heterocycles. The Bertz CT molecular complexity index is 928. The summed E-state index contributed by atoms with van der Waals surface area (Å²) in [5, 5.41) is 8.33. The average Bonchev–Trinajstić information content (AvgIpc) is 2.96. The number of ether oxygens (including phenoxy) is 1. The quantitative estimate of drug-likeness (QED) is 0.763. The number of anilines is 1. The van der Waals surface area contributed by atoms with Gasteiger partial charge in [-0.15, -0.1) is 0 Å². The SMILES string of the molecule is NC1CC(Nc2ccc3c(c2)OCc2cc(-c4ccccc4)nn2C3)C1. The molecule has 0 atom stereocenters. The minimum Gasteiger partial charge on any atom is -0.487 e. The second kappa shape index (κ2) is 6.18. The summed E-state index contributed by atoms with van der Waals surface area (Å²) in [6, 6.07) is 19.6. The standard InChI is InChI=1S/C21H22N4O/c22-16-8-18(9-16)23-17-7-6-15-12-25-19(13-26-21(15)10-17)11-20(24-25)14-4-2-1-3-5-14/h1-7,10-11,16,18,23H,8-9,12-13,22H2. The van der Waals surface area contributed by atoms with Crippen LogP contribution in [0.3, 0.4) is 0 Å². The molecular formula is C21H22N4O. The smallest absolute Gasteiger partial charge is 0.130 e. The van der Waals surface area contributed by atoms with Crippen LogP contribution in [0.15, 0.2) is 54.6 Å². The van der Waals surface area contributed by atoms with Crippen molar-refractivity contribution >= 4 is 5.69 Å². The van der Waals surface area contributed by atoms with Crippen molar-refractivity contribution < 1.29 is 4.74 Å². The van der Waals surface area contributed by atoms with Crippen molar-refractivity contribution in [3.05, 3.63) is 65.9 Å². The van der Waals surface area contributed by atoms with E-state index in [1.54, 1.807) is 0 Å². The monoisotopic (exact) mass is 346 g/mol. The summed E-state index contributed by atoms with van der Waals surface area (Å²) in [6.45, 7) is 1.26. The fraction of sp³-hybridized carbons (Fsp3) is 0.286. The van der Waals surface area contributed by atoms with Crippen LogP contribution in [0.5, 0.6) is 5.75 Å². The first-order chi connectivity index (χ1) is 12.7. The number of hydrogen-bond acceptors (Lipinski definition) is 4. The van der Waals surface area contributed by atoms with Crippen LogP contribution >= 0.6 is 0 Å². The van der Waals surface area contributed by atoms with E-state index in [0.717, 1.165) is 53.3 Å². The second-order valence-electron chi connectivity index (χ2n) is 7.23. The van der Waals surface area contributed by atoms with Gasteiger partial charge < -0.3 is 15.8 Å². The highest BCUT2D eigenvalue weighted by Crippen LogP contribution is 2.31. The highest BCUT2D eigenvalue weighted by Gasteiger charge is 2.26. The zero-order chi connectivity index (χ0) is 17.5. The van der Waals surface area contributed by atoms with Crippen molar-refractivity contribution in [2.75, 3.05) is 5.32 Å². The number of hydrogen-bond donors (Lipinski definition) is 2. The maximum atomic E-state index is 6.09. The number of nitrogens with two attached hydrogens (primary N) is 1. The van der Waals surface area contributed by atoms with Gasteiger partial charge in [0.15, 0.2) is 0 Å². The third-order valence-corrected chi connectivity index (χ3v) is 5.24. The zero-order valence-corrected chi connectivity index (χ0v) is 14.6. The molecule has 1 aromatic heterocycles. The first-order valence-corrected chi connectivity index (χ1v) is 9.14. The van der Waals surface area contributed by atoms with Gasteiger partial charge in [-0.3, -0.25) is 4.68 Å². The number of rotatable bonds is 3. The van der Waals surface area contributed by atoms with Crippen LogP contribution in [-0.4, -0.2) is 21.9 Å². The van der Waals surface area contributed by atoms with Gasteiger partial charge in [-0.25, -0.2) is 0 Å². The van der Waals surface area contributed by atoms with Crippen molar-refractivity contribution in [3.63, 3.8) is 0 Å². The molecule has 3 aromatic rings. The molecule has 5 heteroatoms. The molecule has 0 amide bonds. The van der Waals surface area contributed by atoms with Gasteiger partial charge in [0.25, 0.3) is 0 Å². The molecule has 1 fully saturated rings. The molecule has 2 heterocycles. The van der Waals surface area contributed by atoms with E-state index < -0.39 is 0 Å². The molecule has 3 N–H and O–H groups in total. The Kier molecular flexibility index (Phi) is 3.68. The molecule has 5 nitrogen and oxygen atoms in total. The molecule has 0 radical (unpaired) electrons. The zero-order valence-electron chi connectivity index (χ0n) is 14.6. The number of nitrogens with zero attached hydrogens (tertiary/aromatic N) is 2. The third kappa shape index (κ3) is 2.84. The molecule has 26 heavy (non-hydrogen) atoms. The van der Waals surface area contributed by atoms with E-state index >= 15 is 0 Å². The van der Waals surface area contributed by atoms with Crippen LogP contribution in [-0.2, 0) is 13.2 Å². The molecular weight excluding hydrogens is 324 g/mol. The predicted molar refractivity (Wildman–Crippen MR) is 102 cm³/mol. The second-order valence-corrected chi connectivity index (χ2v) is 7.23. The highest BCUT2D eigenvalue weighted by atomic mass is 16.5. The molecule has 1 aliphatic heterocycles. The summed E-state index contributed by atoms with van der Waals surface area (Å²) in [6.07, 6.45) is 2.07. The summed E-state index contributed by atoms with van der Waals surface area (Å²) in [4.78, 5) is 0. The van der Waals surface area contributed by atoms with Gasteiger partial charge >= 0.3 is 0 Å². The Balaban J connectivity index is 1.38. The van der Waals surface area contributed by atoms with E-state index in [9.17, 15) is 0 Å². The van der Waals surface area contributed by atoms with Crippen LogP contribution in [0.1, 0.15) is 24.1 Å². The first kappa shape index (κ1) is 15.5. The van der Waals surface area contributed by atoms with Crippen LogP contribution < -0.4 is 15.8 Å². The lowest BCUT2D eigenvalue weighted by atomic mass is 9.87. The molecule has 0 spiro atoms. The molecule has 0 unspecified atom stereocenters. The number of aromatic nitrogens is 2. The van der Waals surface area contributed by atoms with Crippen LogP contribution in [0.25, 0.3) is 11.3 Å². The van der Waals surface area contributed by atoms with Gasteiger partial charge in [0.05, 0.1) is 17.9 Å². The maximum Gasteiger partial charge on any atom is 0.130 e. The van der Waals surface area contributed by atoms with Gasteiger partial charge in [0.1, 0.15) is 12.4 Å². The fourth-order valence-electron chi connectivity index (χ4n) is 3.70. The van der Waals surface area contributed by atoms with E-state index in [-0.39, 0.29) is 0 Å². The Morgan fingerprint density at radius 2 is 1.92 bits per heavy atom. The first-order valence-electron chi connectivity index (χ1n) is 9.14. The normalized spacial score (nSPS) is 21.0. The van der Waals surface area contributed by atoms with Gasteiger partial charge in [-0.05, 0) is 25.0 Å². The molecule has 1 saturated carbocycles. The Hall–Kier alpha value is -2.79. The van der Waals surface area contributed by atoms with E-state index in [1.165, 1.54) is 0 Å². The van der Waals surface area contributed by atoms with Crippen molar-refractivity contribution in [2.45, 2.75) is 38.1 Å². The van der Waals surface area contributed by atoms with Gasteiger partial charge in [0, 0.05) is 35.0 Å². The molecule has 0 bridgehead atoms. The lowest BCUT2D eigenvalue weighted by Crippen LogP contribution is -2.44. The molecule has 5 rings (SSSR count). The van der Waals surface area contributed by atoms with E-state index in [4.69, 9.17) is 15.6 Å². The van der Waals surface area contributed by atoms with Crippen molar-refractivity contribution in [2.24, 2.45) is 5.73 Å². The van der Waals surface area contributed by atoms with Crippen molar-refractivity contribution in [3.8, 4) is 17.0 Å². The minimum absolute atomic E-state index is 0.348. The third-order valence-electron chi connectivity index (χ3n) is 5.24. The highest BCUT2D eigenvalue weighted by molar-refractivity contribution is 5.59. The number of benzene rings is 2. The summed E-state index contributed by atoms with van der Waals surface area (Å²) in [7, 11) is 0. The topological polar surface area (TPSA) is 65.1 Å². The van der Waals surface area contributed by atoms with Crippen LogP contribution in [0, 0.1) is 0 Å². The largest absolute Gasteiger partial charge is 0.487 e. The van der Waals surface area contributed by atoms with Crippen molar-refractivity contribution in [1.82, 2.24) is 9.78 Å². The summed E-state index contributed by atoms with van der Waals surface area (Å²) < 4.78 is 8.14. The summed E-state index contributed by atoms with van der Waals surface area (Å²) >= 11 is 0.